The molecule has 1 fully saturated rings. The molecule has 2 atom stereocenters. The van der Waals surface area contributed by atoms with Gasteiger partial charge in [-0.05, 0) is 17.9 Å². The lowest BCUT2D eigenvalue weighted by Crippen LogP contribution is -2.42. The number of aliphatic imine (C=N–C) groups is 1. The van der Waals surface area contributed by atoms with Gasteiger partial charge in [0.2, 0.25) is 0 Å². The van der Waals surface area contributed by atoms with Crippen LogP contribution < -0.4 is 5.32 Å². The average Bonchev–Trinajstić information content (AvgIpc) is 3.01. The second-order valence-corrected chi connectivity index (χ2v) is 6.75. The zero-order chi connectivity index (χ0) is 16.7. The zero-order valence-electron chi connectivity index (χ0n) is 15.4. The number of rotatable bonds is 6. The predicted octanol–water partition coefficient (Wildman–Crippen LogP) is 3.59. The van der Waals surface area contributed by atoms with Gasteiger partial charge in [0.1, 0.15) is 0 Å². The molecule has 136 valence electrons. The van der Waals surface area contributed by atoms with Crippen LogP contribution in [-0.4, -0.2) is 51.3 Å². The zero-order valence-corrected chi connectivity index (χ0v) is 17.7. The van der Waals surface area contributed by atoms with Crippen molar-refractivity contribution in [3.05, 3.63) is 35.9 Å². The number of nitrogens with one attached hydrogen (secondary N) is 1. The van der Waals surface area contributed by atoms with Crippen LogP contribution in [0.3, 0.4) is 0 Å². The fourth-order valence-corrected chi connectivity index (χ4v) is 3.37. The van der Waals surface area contributed by atoms with Crippen LogP contribution in [0.4, 0.5) is 0 Å². The highest BCUT2D eigenvalue weighted by Crippen LogP contribution is 2.23. The Hall–Kier alpha value is -0.820. The van der Waals surface area contributed by atoms with Crippen molar-refractivity contribution in [2.45, 2.75) is 26.2 Å². The fraction of sp³-hybridized carbons (Fsp3) is 0.632. The first-order chi connectivity index (χ1) is 11.2. The molecule has 1 aliphatic heterocycles. The van der Waals surface area contributed by atoms with Gasteiger partial charge in [0.15, 0.2) is 5.96 Å². The van der Waals surface area contributed by atoms with Crippen LogP contribution in [0.15, 0.2) is 35.3 Å². The number of nitrogens with zero attached hydrogens (tertiary/aromatic N) is 2. The first-order valence-corrected chi connectivity index (χ1v) is 8.65. The SMILES string of the molecule is CN=C(NCC(c1ccccc1)C(C)C)N1CCC(COC)C1.I. The maximum atomic E-state index is 5.29. The number of hydrogen-bond acceptors (Lipinski definition) is 2. The highest BCUT2D eigenvalue weighted by atomic mass is 127. The first kappa shape index (κ1) is 21.2. The van der Waals surface area contributed by atoms with Crippen molar-refractivity contribution in [1.82, 2.24) is 10.2 Å². The summed E-state index contributed by atoms with van der Waals surface area (Å²) in [7, 11) is 3.65. The van der Waals surface area contributed by atoms with Crippen LogP contribution in [0.1, 0.15) is 31.7 Å². The van der Waals surface area contributed by atoms with Gasteiger partial charge in [-0.3, -0.25) is 4.99 Å². The van der Waals surface area contributed by atoms with E-state index in [4.69, 9.17) is 4.74 Å². The summed E-state index contributed by atoms with van der Waals surface area (Å²) in [6.45, 7) is 8.42. The Morgan fingerprint density at radius 3 is 2.62 bits per heavy atom. The molecule has 4 nitrogen and oxygen atoms in total. The van der Waals surface area contributed by atoms with E-state index in [1.165, 1.54) is 12.0 Å². The number of ether oxygens (including phenoxy) is 1. The smallest absolute Gasteiger partial charge is 0.193 e. The fourth-order valence-electron chi connectivity index (χ4n) is 3.37. The Labute approximate surface area is 164 Å². The van der Waals surface area contributed by atoms with Gasteiger partial charge in [-0.15, -0.1) is 24.0 Å². The molecule has 1 N–H and O–H groups in total. The van der Waals surface area contributed by atoms with Gasteiger partial charge in [0.05, 0.1) is 6.61 Å². The van der Waals surface area contributed by atoms with Crippen molar-refractivity contribution in [2.24, 2.45) is 16.8 Å². The first-order valence-electron chi connectivity index (χ1n) is 8.65. The maximum absolute atomic E-state index is 5.29. The summed E-state index contributed by atoms with van der Waals surface area (Å²) in [5.41, 5.74) is 1.39. The maximum Gasteiger partial charge on any atom is 0.193 e. The molecule has 2 unspecified atom stereocenters. The van der Waals surface area contributed by atoms with E-state index >= 15 is 0 Å². The second-order valence-electron chi connectivity index (χ2n) is 6.75. The van der Waals surface area contributed by atoms with Crippen molar-refractivity contribution in [2.75, 3.05) is 40.4 Å². The third-order valence-electron chi connectivity index (χ3n) is 4.71. The Bertz CT molecular complexity index is 493. The van der Waals surface area contributed by atoms with E-state index < -0.39 is 0 Å². The highest BCUT2D eigenvalue weighted by Gasteiger charge is 2.25. The number of likely N-dealkylation sites (tertiary alicyclic amines) is 1. The lowest BCUT2D eigenvalue weighted by Gasteiger charge is -2.26. The van der Waals surface area contributed by atoms with Gasteiger partial charge < -0.3 is 15.0 Å². The van der Waals surface area contributed by atoms with Crippen LogP contribution >= 0.6 is 24.0 Å². The largest absolute Gasteiger partial charge is 0.384 e. The van der Waals surface area contributed by atoms with Crippen molar-refractivity contribution in [1.29, 1.82) is 0 Å². The summed E-state index contributed by atoms with van der Waals surface area (Å²) >= 11 is 0. The van der Waals surface area contributed by atoms with E-state index in [0.717, 1.165) is 32.2 Å². The topological polar surface area (TPSA) is 36.9 Å². The third kappa shape index (κ3) is 5.92. The van der Waals surface area contributed by atoms with Gasteiger partial charge in [-0.25, -0.2) is 0 Å². The minimum atomic E-state index is 0. The molecular weight excluding hydrogens is 413 g/mol. The molecule has 0 bridgehead atoms. The van der Waals surface area contributed by atoms with E-state index in [2.05, 4.69) is 59.4 Å². The molecule has 0 amide bonds. The van der Waals surface area contributed by atoms with Crippen molar-refractivity contribution in [3.8, 4) is 0 Å². The number of guanidine groups is 1. The molecule has 1 aromatic rings. The lowest BCUT2D eigenvalue weighted by molar-refractivity contribution is 0.157. The van der Waals surface area contributed by atoms with Gasteiger partial charge in [0.25, 0.3) is 0 Å². The molecule has 1 heterocycles. The van der Waals surface area contributed by atoms with Gasteiger partial charge in [-0.2, -0.15) is 0 Å². The van der Waals surface area contributed by atoms with E-state index in [1.807, 2.05) is 7.05 Å². The normalized spacial score (nSPS) is 19.3. The van der Waals surface area contributed by atoms with Crippen molar-refractivity contribution >= 4 is 29.9 Å². The lowest BCUT2D eigenvalue weighted by atomic mass is 9.88. The van der Waals surface area contributed by atoms with Crippen LogP contribution in [0.25, 0.3) is 0 Å². The molecule has 1 aliphatic rings. The molecule has 0 spiro atoms. The standard InChI is InChI=1S/C19H31N3O.HI/c1-15(2)18(17-8-6-5-7-9-17)12-21-19(20-3)22-11-10-16(13-22)14-23-4;/h5-9,15-16,18H,10-14H2,1-4H3,(H,20,21);1H. The van der Waals surface area contributed by atoms with Crippen molar-refractivity contribution < 1.29 is 4.74 Å². The third-order valence-corrected chi connectivity index (χ3v) is 4.71. The van der Waals surface area contributed by atoms with Gasteiger partial charge in [0, 0.05) is 45.6 Å². The summed E-state index contributed by atoms with van der Waals surface area (Å²) < 4.78 is 5.29. The summed E-state index contributed by atoms with van der Waals surface area (Å²) in [6.07, 6.45) is 1.18. The molecule has 1 aromatic carbocycles. The summed E-state index contributed by atoms with van der Waals surface area (Å²) in [6, 6.07) is 10.8. The summed E-state index contributed by atoms with van der Waals surface area (Å²) in [5, 5.41) is 3.59. The summed E-state index contributed by atoms with van der Waals surface area (Å²) in [5.74, 6) is 2.71. The summed E-state index contributed by atoms with van der Waals surface area (Å²) in [4.78, 5) is 6.83. The molecule has 0 aliphatic carbocycles. The van der Waals surface area contributed by atoms with Crippen LogP contribution in [-0.2, 0) is 4.74 Å². The van der Waals surface area contributed by atoms with E-state index in [0.29, 0.717) is 17.8 Å². The Balaban J connectivity index is 0.00000288. The van der Waals surface area contributed by atoms with Crippen molar-refractivity contribution in [3.63, 3.8) is 0 Å². The number of benzene rings is 1. The minimum Gasteiger partial charge on any atom is -0.384 e. The van der Waals surface area contributed by atoms with Crippen LogP contribution in [0, 0.1) is 11.8 Å². The molecule has 0 saturated carbocycles. The Kier molecular flexibility index (Phi) is 9.66. The highest BCUT2D eigenvalue weighted by molar-refractivity contribution is 14.0. The molecule has 0 aromatic heterocycles. The van der Waals surface area contributed by atoms with Crippen LogP contribution in [0.5, 0.6) is 0 Å². The molecule has 2 rings (SSSR count). The Morgan fingerprint density at radius 2 is 2.04 bits per heavy atom. The molecule has 0 radical (unpaired) electrons. The number of methoxy groups -OCH3 is 1. The van der Waals surface area contributed by atoms with Gasteiger partial charge in [-0.1, -0.05) is 44.2 Å². The molecular formula is C19H32IN3O. The van der Waals surface area contributed by atoms with Crippen LogP contribution in [0.2, 0.25) is 0 Å². The van der Waals surface area contributed by atoms with Gasteiger partial charge >= 0.3 is 0 Å². The quantitative estimate of drug-likeness (QED) is 0.413. The van der Waals surface area contributed by atoms with E-state index in [1.54, 1.807) is 7.11 Å². The van der Waals surface area contributed by atoms with E-state index in [9.17, 15) is 0 Å². The predicted molar refractivity (Wildman–Crippen MR) is 112 cm³/mol. The molecule has 24 heavy (non-hydrogen) atoms. The Morgan fingerprint density at radius 1 is 1.33 bits per heavy atom. The average molecular weight is 445 g/mol. The number of halogens is 1. The minimum absolute atomic E-state index is 0. The molecule has 1 saturated heterocycles. The van der Waals surface area contributed by atoms with E-state index in [-0.39, 0.29) is 24.0 Å². The molecule has 5 heteroatoms. The number of hydrogen-bond donors (Lipinski definition) is 1. The second kappa shape index (κ2) is 10.9. The monoisotopic (exact) mass is 445 g/mol.